The fraction of sp³-hybridized carbons (Fsp3) is 0.273. The van der Waals surface area contributed by atoms with Crippen LogP contribution in [0, 0.1) is 0 Å². The van der Waals surface area contributed by atoms with Gasteiger partial charge in [-0.05, 0) is 31.2 Å². The van der Waals surface area contributed by atoms with Crippen LogP contribution in [-0.2, 0) is 14.3 Å². The predicted octanol–water partition coefficient (Wildman–Crippen LogP) is 2.70. The number of rotatable bonds is 4. The molecule has 1 atom stereocenters. The average molecular weight is 391 g/mol. The van der Waals surface area contributed by atoms with Crippen LogP contribution in [0.5, 0.6) is 0 Å². The van der Waals surface area contributed by atoms with Gasteiger partial charge in [0.25, 0.3) is 5.91 Å². The molecule has 0 spiro atoms. The summed E-state index contributed by atoms with van der Waals surface area (Å²) in [5.41, 5.74) is 2.25. The van der Waals surface area contributed by atoms with E-state index in [-0.39, 0.29) is 5.91 Å². The van der Waals surface area contributed by atoms with Crippen LogP contribution in [-0.4, -0.2) is 59.2 Å². The molecule has 3 aromatic rings. The van der Waals surface area contributed by atoms with Crippen LogP contribution in [0.1, 0.15) is 17.3 Å². The molecule has 0 aliphatic carbocycles. The minimum atomic E-state index is -0.883. The number of aromatic nitrogens is 2. The number of ether oxygens (including phenoxy) is 2. The third-order valence-electron chi connectivity index (χ3n) is 4.82. The molecule has 0 radical (unpaired) electrons. The first-order valence-electron chi connectivity index (χ1n) is 9.52. The Morgan fingerprint density at radius 3 is 2.59 bits per heavy atom. The summed E-state index contributed by atoms with van der Waals surface area (Å²) in [6.07, 6.45) is 0.790. The van der Waals surface area contributed by atoms with Crippen molar-refractivity contribution in [2.45, 2.75) is 13.0 Å². The fourth-order valence-electron chi connectivity index (χ4n) is 3.31. The van der Waals surface area contributed by atoms with Crippen molar-refractivity contribution in [1.29, 1.82) is 0 Å². The molecule has 1 fully saturated rings. The molecule has 1 aliphatic heterocycles. The molecule has 0 N–H and O–H groups in total. The first kappa shape index (κ1) is 19.0. The molecule has 29 heavy (non-hydrogen) atoms. The molecule has 7 nitrogen and oxygen atoms in total. The van der Waals surface area contributed by atoms with Gasteiger partial charge in [-0.3, -0.25) is 9.78 Å². The number of amides is 1. The summed E-state index contributed by atoms with van der Waals surface area (Å²) < 4.78 is 10.8. The summed E-state index contributed by atoms with van der Waals surface area (Å²) in [4.78, 5) is 36.2. The number of hydrogen-bond donors (Lipinski definition) is 0. The topological polar surface area (TPSA) is 81.6 Å². The van der Waals surface area contributed by atoms with Crippen molar-refractivity contribution in [2.75, 3.05) is 26.3 Å². The maximum atomic E-state index is 13.0. The molecule has 1 saturated heterocycles. The molecule has 4 rings (SSSR count). The Labute approximate surface area is 168 Å². The van der Waals surface area contributed by atoms with E-state index in [4.69, 9.17) is 9.47 Å². The molecule has 3 heterocycles. The van der Waals surface area contributed by atoms with Gasteiger partial charge in [-0.2, -0.15) is 0 Å². The second-order valence-electron chi connectivity index (χ2n) is 6.77. The van der Waals surface area contributed by atoms with Crippen LogP contribution in [0.4, 0.5) is 0 Å². The monoisotopic (exact) mass is 391 g/mol. The van der Waals surface area contributed by atoms with Gasteiger partial charge >= 0.3 is 5.97 Å². The summed E-state index contributed by atoms with van der Waals surface area (Å²) in [6, 6.07) is 14.5. The minimum Gasteiger partial charge on any atom is -0.449 e. The number of carbonyl (C=O) groups excluding carboxylic acids is 2. The zero-order chi connectivity index (χ0) is 20.2. The summed E-state index contributed by atoms with van der Waals surface area (Å²) >= 11 is 0. The van der Waals surface area contributed by atoms with E-state index in [9.17, 15) is 9.59 Å². The van der Waals surface area contributed by atoms with Crippen LogP contribution >= 0.6 is 0 Å². The number of benzene rings is 1. The summed E-state index contributed by atoms with van der Waals surface area (Å²) in [6.45, 7) is 3.59. The van der Waals surface area contributed by atoms with Crippen LogP contribution in [0.2, 0.25) is 0 Å². The largest absolute Gasteiger partial charge is 0.449 e. The highest BCUT2D eigenvalue weighted by atomic mass is 16.5. The van der Waals surface area contributed by atoms with Crippen molar-refractivity contribution >= 4 is 22.8 Å². The Morgan fingerprint density at radius 1 is 1.07 bits per heavy atom. The second-order valence-corrected chi connectivity index (χ2v) is 6.77. The lowest BCUT2D eigenvalue weighted by atomic mass is 10.1. The van der Waals surface area contributed by atoms with Gasteiger partial charge in [0, 0.05) is 24.7 Å². The van der Waals surface area contributed by atoms with Crippen molar-refractivity contribution in [1.82, 2.24) is 14.9 Å². The van der Waals surface area contributed by atoms with Crippen LogP contribution < -0.4 is 0 Å². The van der Waals surface area contributed by atoms with Crippen molar-refractivity contribution in [3.8, 4) is 11.4 Å². The van der Waals surface area contributed by atoms with Gasteiger partial charge in [0.2, 0.25) is 0 Å². The van der Waals surface area contributed by atoms with Crippen molar-refractivity contribution in [3.05, 3.63) is 60.3 Å². The number of esters is 1. The summed E-state index contributed by atoms with van der Waals surface area (Å²) in [7, 11) is 0. The minimum absolute atomic E-state index is 0.218. The van der Waals surface area contributed by atoms with E-state index < -0.39 is 12.1 Å². The number of para-hydroxylation sites is 1. The SMILES string of the molecule is C[C@@H](OC(=O)c1cc(-c2ccccn2)nc2ccccc12)C(=O)N1CCOCC1. The molecular weight excluding hydrogens is 370 g/mol. The maximum absolute atomic E-state index is 13.0. The smallest absolute Gasteiger partial charge is 0.339 e. The number of fused-ring (bicyclic) bond motifs is 1. The van der Waals surface area contributed by atoms with E-state index in [2.05, 4.69) is 9.97 Å². The fourth-order valence-corrected chi connectivity index (χ4v) is 3.31. The third kappa shape index (κ3) is 4.09. The average Bonchev–Trinajstić information content (AvgIpc) is 2.78. The van der Waals surface area contributed by atoms with Gasteiger partial charge < -0.3 is 14.4 Å². The Bertz CT molecular complexity index is 1030. The number of carbonyl (C=O) groups is 2. The van der Waals surface area contributed by atoms with E-state index in [0.717, 1.165) is 0 Å². The van der Waals surface area contributed by atoms with Gasteiger partial charge in [0.1, 0.15) is 0 Å². The maximum Gasteiger partial charge on any atom is 0.339 e. The summed E-state index contributed by atoms with van der Waals surface area (Å²) in [5, 5.41) is 0.670. The third-order valence-corrected chi connectivity index (χ3v) is 4.82. The molecule has 1 aromatic carbocycles. The Balaban J connectivity index is 1.63. The predicted molar refractivity (Wildman–Crippen MR) is 107 cm³/mol. The summed E-state index contributed by atoms with van der Waals surface area (Å²) in [5.74, 6) is -0.778. The molecule has 1 amide bonds. The Kier molecular flexibility index (Phi) is 5.48. The van der Waals surface area contributed by atoms with Gasteiger partial charge in [-0.15, -0.1) is 0 Å². The quantitative estimate of drug-likeness (QED) is 0.636. The standard InChI is InChI=1S/C22H21N3O4/c1-15(21(26)25-10-12-28-13-11-25)29-22(27)17-14-20(19-8-4-5-9-23-19)24-18-7-3-2-6-16(17)18/h2-9,14-15H,10-13H2,1H3/t15-/m1/s1. The highest BCUT2D eigenvalue weighted by Crippen LogP contribution is 2.24. The lowest BCUT2D eigenvalue weighted by molar-refractivity contribution is -0.143. The first-order chi connectivity index (χ1) is 14.1. The Hall–Kier alpha value is -3.32. The highest BCUT2D eigenvalue weighted by molar-refractivity contribution is 6.05. The molecule has 0 unspecified atom stereocenters. The zero-order valence-electron chi connectivity index (χ0n) is 16.1. The zero-order valence-corrected chi connectivity index (χ0v) is 16.1. The molecular formula is C22H21N3O4. The number of nitrogens with zero attached hydrogens (tertiary/aromatic N) is 3. The Morgan fingerprint density at radius 2 is 1.83 bits per heavy atom. The number of hydrogen-bond acceptors (Lipinski definition) is 6. The van der Waals surface area contributed by atoms with E-state index >= 15 is 0 Å². The van der Waals surface area contributed by atoms with E-state index in [1.165, 1.54) is 0 Å². The van der Waals surface area contributed by atoms with Crippen molar-refractivity contribution < 1.29 is 19.1 Å². The number of morpholine rings is 1. The van der Waals surface area contributed by atoms with Gasteiger partial charge in [-0.1, -0.05) is 24.3 Å². The normalized spacial score (nSPS) is 15.1. The van der Waals surface area contributed by atoms with E-state index in [1.54, 1.807) is 24.1 Å². The van der Waals surface area contributed by atoms with Crippen LogP contribution in [0.15, 0.2) is 54.7 Å². The number of pyridine rings is 2. The molecule has 0 saturated carbocycles. The van der Waals surface area contributed by atoms with Gasteiger partial charge in [-0.25, -0.2) is 9.78 Å². The van der Waals surface area contributed by atoms with Crippen molar-refractivity contribution in [2.24, 2.45) is 0 Å². The molecule has 2 aromatic heterocycles. The van der Waals surface area contributed by atoms with Gasteiger partial charge in [0.15, 0.2) is 6.10 Å². The molecule has 148 valence electrons. The lowest BCUT2D eigenvalue weighted by Gasteiger charge is -2.29. The molecule has 0 bridgehead atoms. The van der Waals surface area contributed by atoms with E-state index in [1.807, 2.05) is 42.5 Å². The molecule has 1 aliphatic rings. The lowest BCUT2D eigenvalue weighted by Crippen LogP contribution is -2.46. The second kappa shape index (κ2) is 8.36. The van der Waals surface area contributed by atoms with Crippen LogP contribution in [0.25, 0.3) is 22.3 Å². The van der Waals surface area contributed by atoms with Gasteiger partial charge in [0.05, 0.1) is 35.7 Å². The van der Waals surface area contributed by atoms with Crippen molar-refractivity contribution in [3.63, 3.8) is 0 Å². The molecule has 7 heteroatoms. The first-order valence-corrected chi connectivity index (χ1v) is 9.52. The highest BCUT2D eigenvalue weighted by Gasteiger charge is 2.26. The van der Waals surface area contributed by atoms with Crippen LogP contribution in [0.3, 0.4) is 0 Å². The van der Waals surface area contributed by atoms with E-state index in [0.29, 0.717) is 54.2 Å².